The van der Waals surface area contributed by atoms with E-state index in [-0.39, 0.29) is 18.4 Å². The van der Waals surface area contributed by atoms with Crippen LogP contribution >= 0.6 is 0 Å². The van der Waals surface area contributed by atoms with E-state index in [0.29, 0.717) is 0 Å². The van der Waals surface area contributed by atoms with Crippen LogP contribution < -0.4 is 0 Å². The Morgan fingerprint density at radius 3 is 2.42 bits per heavy atom. The summed E-state index contributed by atoms with van der Waals surface area (Å²) >= 11 is 0. The minimum absolute atomic E-state index is 0.0244. The molecule has 1 aliphatic rings. The third kappa shape index (κ3) is 1.96. The number of likely N-dealkylation sites (N-methyl/N-ethyl adjacent to an activating group) is 1. The van der Waals surface area contributed by atoms with E-state index in [4.69, 9.17) is 5.11 Å². The average molecular weight is 171 g/mol. The first-order chi connectivity index (χ1) is 5.61. The number of rotatable bonds is 3. The minimum Gasteiger partial charge on any atom is -0.480 e. The van der Waals surface area contributed by atoms with Crippen molar-refractivity contribution in [1.82, 2.24) is 4.90 Å². The molecule has 1 fully saturated rings. The van der Waals surface area contributed by atoms with Crippen LogP contribution in [-0.4, -0.2) is 35.5 Å². The highest BCUT2D eigenvalue weighted by Gasteiger charge is 2.28. The molecule has 0 radical (unpaired) electrons. The van der Waals surface area contributed by atoms with Crippen LogP contribution in [0.3, 0.4) is 0 Å². The van der Waals surface area contributed by atoms with E-state index >= 15 is 0 Å². The highest BCUT2D eigenvalue weighted by atomic mass is 16.4. The molecule has 0 aromatic carbocycles. The maximum Gasteiger partial charge on any atom is 0.323 e. The number of hydrogen-bond acceptors (Lipinski definition) is 2. The number of nitrogens with zero attached hydrogens (tertiary/aromatic N) is 1. The molecule has 1 aliphatic carbocycles. The van der Waals surface area contributed by atoms with Crippen molar-refractivity contribution in [2.24, 2.45) is 5.92 Å². The molecule has 1 saturated carbocycles. The summed E-state index contributed by atoms with van der Waals surface area (Å²) in [4.78, 5) is 22.9. The summed E-state index contributed by atoms with van der Waals surface area (Å²) < 4.78 is 0. The maximum absolute atomic E-state index is 11.3. The lowest BCUT2D eigenvalue weighted by molar-refractivity contribution is -0.146. The monoisotopic (exact) mass is 171 g/mol. The third-order valence-corrected chi connectivity index (χ3v) is 2.20. The molecule has 12 heavy (non-hydrogen) atoms. The van der Waals surface area contributed by atoms with Crippen LogP contribution in [0.2, 0.25) is 0 Å². The van der Waals surface area contributed by atoms with Crippen LogP contribution in [0.25, 0.3) is 0 Å². The predicted molar refractivity (Wildman–Crippen MR) is 42.6 cm³/mol. The molecule has 0 aromatic heterocycles. The van der Waals surface area contributed by atoms with Gasteiger partial charge in [0, 0.05) is 13.0 Å². The Hall–Kier alpha value is -1.06. The fourth-order valence-corrected chi connectivity index (χ4v) is 1.25. The highest BCUT2D eigenvalue weighted by molar-refractivity contribution is 5.83. The normalized spacial score (nSPS) is 16.8. The zero-order chi connectivity index (χ0) is 9.14. The van der Waals surface area contributed by atoms with E-state index in [0.717, 1.165) is 19.3 Å². The zero-order valence-corrected chi connectivity index (χ0v) is 7.12. The Balaban J connectivity index is 2.34. The standard InChI is InChI=1S/C8H13NO3/c1-9(5-7(10)11)8(12)6-3-2-4-6/h6H,2-5H2,1H3,(H,10,11). The Morgan fingerprint density at radius 2 is 2.08 bits per heavy atom. The van der Waals surface area contributed by atoms with Crippen LogP contribution in [0.4, 0.5) is 0 Å². The molecule has 0 aliphatic heterocycles. The van der Waals surface area contributed by atoms with Gasteiger partial charge in [0.05, 0.1) is 0 Å². The number of carbonyl (C=O) groups is 2. The largest absolute Gasteiger partial charge is 0.480 e. The Morgan fingerprint density at radius 1 is 1.50 bits per heavy atom. The first kappa shape index (κ1) is 9.03. The van der Waals surface area contributed by atoms with Gasteiger partial charge in [-0.15, -0.1) is 0 Å². The smallest absolute Gasteiger partial charge is 0.323 e. The van der Waals surface area contributed by atoms with Crippen molar-refractivity contribution < 1.29 is 14.7 Å². The topological polar surface area (TPSA) is 57.6 Å². The number of amides is 1. The van der Waals surface area contributed by atoms with Crippen LogP contribution in [0.15, 0.2) is 0 Å². The van der Waals surface area contributed by atoms with E-state index in [1.165, 1.54) is 11.9 Å². The summed E-state index contributed by atoms with van der Waals surface area (Å²) in [6.07, 6.45) is 2.93. The van der Waals surface area contributed by atoms with Gasteiger partial charge in [0.15, 0.2) is 0 Å². The molecule has 4 heteroatoms. The number of carboxylic acids is 1. The van der Waals surface area contributed by atoms with Gasteiger partial charge in [-0.1, -0.05) is 6.42 Å². The van der Waals surface area contributed by atoms with Gasteiger partial charge in [-0.25, -0.2) is 0 Å². The molecule has 0 unspecified atom stereocenters. The summed E-state index contributed by atoms with van der Waals surface area (Å²) in [6, 6.07) is 0. The lowest BCUT2D eigenvalue weighted by Gasteiger charge is -2.28. The van der Waals surface area contributed by atoms with Gasteiger partial charge in [0.1, 0.15) is 6.54 Å². The van der Waals surface area contributed by atoms with E-state index in [1.807, 2.05) is 0 Å². The van der Waals surface area contributed by atoms with E-state index in [2.05, 4.69) is 0 Å². The molecule has 0 saturated heterocycles. The molecular weight excluding hydrogens is 158 g/mol. The van der Waals surface area contributed by atoms with Crippen molar-refractivity contribution in [2.45, 2.75) is 19.3 Å². The summed E-state index contributed by atoms with van der Waals surface area (Å²) in [5.74, 6) is -0.886. The van der Waals surface area contributed by atoms with Gasteiger partial charge in [0.2, 0.25) is 5.91 Å². The molecule has 0 heterocycles. The number of aliphatic carboxylic acids is 1. The molecular formula is C8H13NO3. The van der Waals surface area contributed by atoms with Crippen molar-refractivity contribution in [1.29, 1.82) is 0 Å². The first-order valence-electron chi connectivity index (χ1n) is 4.08. The second-order valence-corrected chi connectivity index (χ2v) is 3.22. The average Bonchev–Trinajstić information content (AvgIpc) is 1.81. The predicted octanol–water partition coefficient (Wildman–Crippen LogP) is 0.329. The summed E-state index contributed by atoms with van der Waals surface area (Å²) in [5.41, 5.74) is 0. The summed E-state index contributed by atoms with van der Waals surface area (Å²) in [7, 11) is 1.54. The lowest BCUT2D eigenvalue weighted by atomic mass is 9.84. The van der Waals surface area contributed by atoms with Crippen molar-refractivity contribution in [3.05, 3.63) is 0 Å². The van der Waals surface area contributed by atoms with Crippen LogP contribution in [0, 0.1) is 5.92 Å². The van der Waals surface area contributed by atoms with E-state index < -0.39 is 5.97 Å². The second-order valence-electron chi connectivity index (χ2n) is 3.22. The fraction of sp³-hybridized carbons (Fsp3) is 0.750. The molecule has 1 amide bonds. The highest BCUT2D eigenvalue weighted by Crippen LogP contribution is 2.27. The van der Waals surface area contributed by atoms with Crippen LogP contribution in [-0.2, 0) is 9.59 Å². The molecule has 4 nitrogen and oxygen atoms in total. The third-order valence-electron chi connectivity index (χ3n) is 2.20. The number of hydrogen-bond donors (Lipinski definition) is 1. The van der Waals surface area contributed by atoms with E-state index in [9.17, 15) is 9.59 Å². The van der Waals surface area contributed by atoms with Gasteiger partial charge in [-0.05, 0) is 12.8 Å². The Kier molecular flexibility index (Phi) is 2.68. The Bertz CT molecular complexity index is 198. The van der Waals surface area contributed by atoms with Crippen molar-refractivity contribution in [2.75, 3.05) is 13.6 Å². The van der Waals surface area contributed by atoms with Crippen molar-refractivity contribution in [3.8, 4) is 0 Å². The summed E-state index contributed by atoms with van der Waals surface area (Å²) in [5, 5.41) is 8.41. The van der Waals surface area contributed by atoms with Gasteiger partial charge >= 0.3 is 5.97 Å². The molecule has 68 valence electrons. The number of carbonyl (C=O) groups excluding carboxylic acids is 1. The zero-order valence-electron chi connectivity index (χ0n) is 7.12. The van der Waals surface area contributed by atoms with Gasteiger partial charge in [-0.2, -0.15) is 0 Å². The molecule has 0 spiro atoms. The lowest BCUT2D eigenvalue weighted by Crippen LogP contribution is -2.38. The minimum atomic E-state index is -0.954. The quantitative estimate of drug-likeness (QED) is 0.665. The molecule has 1 rings (SSSR count). The summed E-state index contributed by atoms with van der Waals surface area (Å²) in [6.45, 7) is -0.185. The van der Waals surface area contributed by atoms with Crippen LogP contribution in [0.5, 0.6) is 0 Å². The van der Waals surface area contributed by atoms with Gasteiger partial charge < -0.3 is 10.0 Å². The van der Waals surface area contributed by atoms with Crippen LogP contribution in [0.1, 0.15) is 19.3 Å². The number of carboxylic acid groups (broad SMARTS) is 1. The Labute approximate surface area is 71.2 Å². The van der Waals surface area contributed by atoms with Gasteiger partial charge in [-0.3, -0.25) is 9.59 Å². The SMILES string of the molecule is CN(CC(=O)O)C(=O)C1CCC1. The van der Waals surface area contributed by atoms with Crippen molar-refractivity contribution >= 4 is 11.9 Å². The fourth-order valence-electron chi connectivity index (χ4n) is 1.25. The van der Waals surface area contributed by atoms with Gasteiger partial charge in [0.25, 0.3) is 0 Å². The second kappa shape index (κ2) is 3.56. The molecule has 0 aromatic rings. The van der Waals surface area contributed by atoms with Crippen molar-refractivity contribution in [3.63, 3.8) is 0 Å². The van der Waals surface area contributed by atoms with E-state index in [1.54, 1.807) is 0 Å². The molecule has 1 N–H and O–H groups in total. The molecule has 0 bridgehead atoms. The molecule has 0 atom stereocenters. The first-order valence-corrected chi connectivity index (χ1v) is 4.08. The maximum atomic E-state index is 11.3.